The second kappa shape index (κ2) is 5.98. The fourth-order valence-corrected chi connectivity index (χ4v) is 4.49. The predicted molar refractivity (Wildman–Crippen MR) is 96.9 cm³/mol. The molecule has 0 atom stereocenters. The smallest absolute Gasteiger partial charge is 0.168 e. The first kappa shape index (κ1) is 16.8. The Morgan fingerprint density at radius 2 is 2.16 bits per heavy atom. The molecule has 4 heterocycles. The molecule has 0 saturated heterocycles. The van der Waals surface area contributed by atoms with Crippen LogP contribution in [0.25, 0.3) is 15.9 Å². The lowest BCUT2D eigenvalue weighted by Crippen LogP contribution is -2.31. The zero-order chi connectivity index (χ0) is 17.8. The maximum absolute atomic E-state index is 9.09. The fraction of sp³-hybridized carbons (Fsp3) is 0.588. The summed E-state index contributed by atoms with van der Waals surface area (Å²) in [5.74, 6) is 1.59. The van der Waals surface area contributed by atoms with Gasteiger partial charge in [-0.3, -0.25) is 4.90 Å². The highest BCUT2D eigenvalue weighted by Crippen LogP contribution is 2.39. The average molecular weight is 361 g/mol. The van der Waals surface area contributed by atoms with Crippen molar-refractivity contribution < 1.29 is 9.84 Å². The van der Waals surface area contributed by atoms with Crippen LogP contribution in [0.3, 0.4) is 0 Å². The van der Waals surface area contributed by atoms with Crippen molar-refractivity contribution in [1.29, 1.82) is 0 Å². The number of fused-ring (bicyclic) bond motifs is 5. The van der Waals surface area contributed by atoms with Crippen molar-refractivity contribution in [3.05, 3.63) is 22.1 Å². The second-order valence-corrected chi connectivity index (χ2v) is 8.38. The van der Waals surface area contributed by atoms with Gasteiger partial charge in [0.15, 0.2) is 11.5 Å². The molecular formula is C17H23N5O2S. The SMILES string of the molecule is Cc1nc2sc3c(c2c2nc(CN(C)CCO)nn12)CC(C)(C)OC3. The van der Waals surface area contributed by atoms with E-state index in [4.69, 9.17) is 19.8 Å². The zero-order valence-electron chi connectivity index (χ0n) is 15.0. The van der Waals surface area contributed by atoms with Gasteiger partial charge >= 0.3 is 0 Å². The van der Waals surface area contributed by atoms with E-state index in [9.17, 15) is 0 Å². The summed E-state index contributed by atoms with van der Waals surface area (Å²) in [6.07, 6.45) is 0.856. The molecule has 7 nitrogen and oxygen atoms in total. The van der Waals surface area contributed by atoms with Gasteiger partial charge in [-0.2, -0.15) is 4.52 Å². The van der Waals surface area contributed by atoms with Crippen LogP contribution >= 0.6 is 11.3 Å². The minimum atomic E-state index is -0.174. The number of likely N-dealkylation sites (N-methyl/N-ethyl adjacent to an activating group) is 1. The summed E-state index contributed by atoms with van der Waals surface area (Å²) < 4.78 is 7.80. The van der Waals surface area contributed by atoms with Crippen molar-refractivity contribution in [2.75, 3.05) is 20.2 Å². The summed E-state index contributed by atoms with van der Waals surface area (Å²) >= 11 is 1.70. The maximum atomic E-state index is 9.09. The fourth-order valence-electron chi connectivity index (χ4n) is 3.34. The molecule has 0 radical (unpaired) electrons. The van der Waals surface area contributed by atoms with Crippen molar-refractivity contribution >= 4 is 27.2 Å². The lowest BCUT2D eigenvalue weighted by molar-refractivity contribution is -0.0379. The number of hydrogen-bond acceptors (Lipinski definition) is 7. The number of ether oxygens (including phenoxy) is 1. The summed E-state index contributed by atoms with van der Waals surface area (Å²) in [4.78, 5) is 13.8. The van der Waals surface area contributed by atoms with Crippen LogP contribution in [0.4, 0.5) is 0 Å². The van der Waals surface area contributed by atoms with E-state index in [2.05, 4.69) is 18.9 Å². The van der Waals surface area contributed by atoms with Gasteiger partial charge in [0.25, 0.3) is 0 Å². The van der Waals surface area contributed by atoms with Gasteiger partial charge in [-0.05, 0) is 33.4 Å². The highest BCUT2D eigenvalue weighted by molar-refractivity contribution is 7.19. The Balaban J connectivity index is 1.87. The molecule has 25 heavy (non-hydrogen) atoms. The number of aliphatic hydroxyl groups excluding tert-OH is 1. The molecule has 0 aromatic carbocycles. The van der Waals surface area contributed by atoms with Crippen molar-refractivity contribution in [3.8, 4) is 0 Å². The van der Waals surface area contributed by atoms with Crippen molar-refractivity contribution in [3.63, 3.8) is 0 Å². The Bertz CT molecular complexity index is 946. The maximum Gasteiger partial charge on any atom is 0.168 e. The van der Waals surface area contributed by atoms with Gasteiger partial charge in [0, 0.05) is 17.8 Å². The Morgan fingerprint density at radius 3 is 2.92 bits per heavy atom. The highest BCUT2D eigenvalue weighted by atomic mass is 32.1. The first-order valence-electron chi connectivity index (χ1n) is 8.48. The van der Waals surface area contributed by atoms with Crippen molar-refractivity contribution in [1.82, 2.24) is 24.5 Å². The van der Waals surface area contributed by atoms with Crippen LogP contribution in [0, 0.1) is 6.92 Å². The van der Waals surface area contributed by atoms with E-state index in [0.29, 0.717) is 19.7 Å². The van der Waals surface area contributed by atoms with Crippen LogP contribution in [0.15, 0.2) is 0 Å². The van der Waals surface area contributed by atoms with Gasteiger partial charge in [-0.25, -0.2) is 9.97 Å². The molecule has 0 amide bonds. The molecule has 3 aromatic heterocycles. The van der Waals surface area contributed by atoms with Crippen molar-refractivity contribution in [2.24, 2.45) is 0 Å². The molecule has 3 aromatic rings. The molecule has 1 aliphatic rings. The highest BCUT2D eigenvalue weighted by Gasteiger charge is 2.31. The first-order chi connectivity index (χ1) is 11.9. The van der Waals surface area contributed by atoms with Crippen LogP contribution in [-0.4, -0.2) is 55.4 Å². The summed E-state index contributed by atoms with van der Waals surface area (Å²) in [6, 6.07) is 0. The molecule has 0 unspecified atom stereocenters. The summed E-state index contributed by atoms with van der Waals surface area (Å²) in [6.45, 7) is 8.17. The number of rotatable bonds is 4. The molecule has 1 N–H and O–H groups in total. The van der Waals surface area contributed by atoms with Gasteiger partial charge in [-0.1, -0.05) is 0 Å². The summed E-state index contributed by atoms with van der Waals surface area (Å²) in [5.41, 5.74) is 2.01. The van der Waals surface area contributed by atoms with E-state index in [0.717, 1.165) is 33.9 Å². The topological polar surface area (TPSA) is 75.8 Å². The van der Waals surface area contributed by atoms with E-state index in [1.165, 1.54) is 10.4 Å². The van der Waals surface area contributed by atoms with Crippen LogP contribution in [0.2, 0.25) is 0 Å². The van der Waals surface area contributed by atoms with Crippen LogP contribution < -0.4 is 0 Å². The Kier molecular flexibility index (Phi) is 4.03. The normalized spacial score (nSPS) is 16.9. The van der Waals surface area contributed by atoms with Crippen LogP contribution in [0.5, 0.6) is 0 Å². The van der Waals surface area contributed by atoms with Gasteiger partial charge in [0.2, 0.25) is 0 Å². The third-order valence-electron chi connectivity index (χ3n) is 4.61. The Hall–Kier alpha value is -1.61. The van der Waals surface area contributed by atoms with E-state index in [1.807, 2.05) is 23.4 Å². The van der Waals surface area contributed by atoms with E-state index < -0.39 is 0 Å². The molecular weight excluding hydrogens is 338 g/mol. The van der Waals surface area contributed by atoms with Crippen LogP contribution in [-0.2, 0) is 24.3 Å². The predicted octanol–water partition coefficient (Wildman–Crippen LogP) is 1.92. The van der Waals surface area contributed by atoms with E-state index >= 15 is 0 Å². The molecule has 0 bridgehead atoms. The van der Waals surface area contributed by atoms with Gasteiger partial charge in [0.05, 0.1) is 30.7 Å². The van der Waals surface area contributed by atoms with Gasteiger partial charge in [-0.15, -0.1) is 16.4 Å². The first-order valence-corrected chi connectivity index (χ1v) is 9.29. The number of hydrogen-bond donors (Lipinski definition) is 1. The van der Waals surface area contributed by atoms with Crippen molar-refractivity contribution in [2.45, 2.75) is 45.9 Å². The summed E-state index contributed by atoms with van der Waals surface area (Å²) in [7, 11) is 1.95. The third kappa shape index (κ3) is 2.93. The number of nitrogens with zero attached hydrogens (tertiary/aromatic N) is 5. The molecule has 8 heteroatoms. The molecule has 0 fully saturated rings. The Labute approximate surface area is 150 Å². The molecule has 0 aliphatic carbocycles. The molecule has 0 saturated carbocycles. The number of thiophene rings is 1. The monoisotopic (exact) mass is 361 g/mol. The Morgan fingerprint density at radius 1 is 1.36 bits per heavy atom. The molecule has 1 aliphatic heterocycles. The number of aryl methyl sites for hydroxylation is 1. The lowest BCUT2D eigenvalue weighted by Gasteiger charge is -2.30. The zero-order valence-corrected chi connectivity index (χ0v) is 15.9. The molecule has 134 valence electrons. The third-order valence-corrected chi connectivity index (χ3v) is 5.71. The minimum Gasteiger partial charge on any atom is -0.395 e. The summed E-state index contributed by atoms with van der Waals surface area (Å²) in [5, 5.41) is 14.8. The lowest BCUT2D eigenvalue weighted by atomic mass is 9.94. The number of aromatic nitrogens is 4. The second-order valence-electron chi connectivity index (χ2n) is 7.29. The van der Waals surface area contributed by atoms with E-state index in [-0.39, 0.29) is 12.2 Å². The molecule has 0 spiro atoms. The molecule has 4 rings (SSSR count). The van der Waals surface area contributed by atoms with Gasteiger partial charge in [0.1, 0.15) is 10.7 Å². The van der Waals surface area contributed by atoms with E-state index in [1.54, 1.807) is 11.3 Å². The average Bonchev–Trinajstić information content (AvgIpc) is 3.07. The number of aliphatic hydroxyl groups is 1. The van der Waals surface area contributed by atoms with Gasteiger partial charge < -0.3 is 9.84 Å². The van der Waals surface area contributed by atoms with Crippen LogP contribution in [0.1, 0.15) is 35.9 Å². The minimum absolute atomic E-state index is 0.127. The quantitative estimate of drug-likeness (QED) is 0.765. The largest absolute Gasteiger partial charge is 0.395 e. The standard InChI is InChI=1S/C17H23N5O2S/c1-10-18-16-14(11-7-17(2,3)24-9-12(11)25-16)15-19-13(20-22(10)15)8-21(4)5-6-23/h23H,5-9H2,1-4H3.